The van der Waals surface area contributed by atoms with Crippen molar-refractivity contribution in [1.82, 2.24) is 9.29 Å². The fourth-order valence-electron chi connectivity index (χ4n) is 4.51. The Morgan fingerprint density at radius 2 is 1.82 bits per heavy atom. The summed E-state index contributed by atoms with van der Waals surface area (Å²) in [6, 6.07) is 14.0. The highest BCUT2D eigenvalue weighted by molar-refractivity contribution is 7.90. The highest BCUT2D eigenvalue weighted by Crippen LogP contribution is 2.33. The first-order valence-corrected chi connectivity index (χ1v) is 16.3. The number of nitrogens with zero attached hydrogens (tertiary/aromatic N) is 3. The van der Waals surface area contributed by atoms with Gasteiger partial charge in [-0.05, 0) is 74.4 Å². The minimum atomic E-state index is -3.67. The van der Waals surface area contributed by atoms with Gasteiger partial charge in [0.1, 0.15) is 5.76 Å². The second-order valence-corrected chi connectivity index (χ2v) is 14.3. The molecule has 0 radical (unpaired) electrons. The van der Waals surface area contributed by atoms with Crippen molar-refractivity contribution in [3.05, 3.63) is 72.2 Å². The molecule has 1 amide bonds. The predicted octanol–water partition coefficient (Wildman–Crippen LogP) is 4.70. The molecule has 12 heteroatoms. The van der Waals surface area contributed by atoms with E-state index in [9.17, 15) is 21.6 Å². The van der Waals surface area contributed by atoms with Gasteiger partial charge in [-0.3, -0.25) is 9.69 Å². The molecule has 9 nitrogen and oxygen atoms in total. The smallest absolute Gasteiger partial charge is 0.260 e. The molecule has 1 fully saturated rings. The highest BCUT2D eigenvalue weighted by atomic mass is 32.2. The largest absolute Gasteiger partial charge is 0.467 e. The number of thiazole rings is 1. The van der Waals surface area contributed by atoms with Gasteiger partial charge in [-0.2, -0.15) is 4.31 Å². The zero-order chi connectivity index (χ0) is 27.1. The van der Waals surface area contributed by atoms with E-state index in [1.54, 1.807) is 24.3 Å². The summed E-state index contributed by atoms with van der Waals surface area (Å²) in [5.41, 5.74) is 0.852. The predicted molar refractivity (Wildman–Crippen MR) is 146 cm³/mol. The molecule has 0 bridgehead atoms. The quantitative estimate of drug-likeness (QED) is 0.314. The highest BCUT2D eigenvalue weighted by Gasteiger charge is 2.31. The van der Waals surface area contributed by atoms with Crippen LogP contribution in [0.4, 0.5) is 5.13 Å². The van der Waals surface area contributed by atoms with E-state index in [0.29, 0.717) is 33.2 Å². The molecule has 1 saturated heterocycles. The van der Waals surface area contributed by atoms with Gasteiger partial charge in [-0.15, -0.1) is 0 Å². The standard InChI is InChI=1S/C26H27N3O6S3/c1-18-6-3-4-14-29(18)38(33,34)21-10-8-19(9-11-21)25(30)28(17-20-7-5-15-35-20)26-27-23-13-12-22(37(2,31)32)16-24(23)36-26/h5,7-13,15-16,18H,3-4,6,14,17H2,1-2H3. The number of hydrogen-bond donors (Lipinski definition) is 0. The van der Waals surface area contributed by atoms with Gasteiger partial charge in [0.25, 0.3) is 5.91 Å². The van der Waals surface area contributed by atoms with E-state index >= 15 is 0 Å². The van der Waals surface area contributed by atoms with Crippen molar-refractivity contribution in [2.75, 3.05) is 17.7 Å². The average molecular weight is 574 g/mol. The molecule has 0 saturated carbocycles. The Hall–Kier alpha value is -3.06. The Morgan fingerprint density at radius 1 is 1.08 bits per heavy atom. The summed E-state index contributed by atoms with van der Waals surface area (Å²) >= 11 is 1.19. The van der Waals surface area contributed by atoms with Crippen molar-refractivity contribution in [2.24, 2.45) is 0 Å². The second-order valence-electron chi connectivity index (χ2n) is 9.35. The first-order valence-electron chi connectivity index (χ1n) is 12.1. The minimum Gasteiger partial charge on any atom is -0.467 e. The maximum atomic E-state index is 13.7. The Bertz CT molecular complexity index is 1680. The van der Waals surface area contributed by atoms with Crippen LogP contribution in [0.1, 0.15) is 42.3 Å². The normalized spacial score (nSPS) is 17.1. The molecular weight excluding hydrogens is 547 g/mol. The number of sulfone groups is 1. The maximum Gasteiger partial charge on any atom is 0.260 e. The number of rotatable bonds is 7. The average Bonchev–Trinajstić information content (AvgIpc) is 3.56. The molecule has 5 rings (SSSR count). The van der Waals surface area contributed by atoms with Crippen molar-refractivity contribution in [3.63, 3.8) is 0 Å². The van der Waals surface area contributed by atoms with Crippen molar-refractivity contribution < 1.29 is 26.0 Å². The number of amides is 1. The molecule has 0 N–H and O–H groups in total. The molecule has 1 unspecified atom stereocenters. The van der Waals surface area contributed by atoms with E-state index in [-0.39, 0.29) is 28.3 Å². The number of piperidine rings is 1. The monoisotopic (exact) mass is 573 g/mol. The van der Waals surface area contributed by atoms with Gasteiger partial charge in [0, 0.05) is 24.4 Å². The van der Waals surface area contributed by atoms with Crippen molar-refractivity contribution in [1.29, 1.82) is 0 Å². The lowest BCUT2D eigenvalue weighted by atomic mass is 10.1. The lowest BCUT2D eigenvalue weighted by Gasteiger charge is -2.32. The van der Waals surface area contributed by atoms with Crippen LogP contribution in [0.25, 0.3) is 10.2 Å². The van der Waals surface area contributed by atoms with Crippen molar-refractivity contribution in [2.45, 2.75) is 48.6 Å². The Morgan fingerprint density at radius 3 is 2.47 bits per heavy atom. The van der Waals surface area contributed by atoms with Crippen LogP contribution in [-0.2, 0) is 26.4 Å². The summed E-state index contributed by atoms with van der Waals surface area (Å²) in [6.07, 6.45) is 5.31. The number of anilines is 1. The molecule has 2 aromatic carbocycles. The van der Waals surface area contributed by atoms with Gasteiger partial charge in [0.2, 0.25) is 10.0 Å². The molecule has 0 spiro atoms. The number of carbonyl (C=O) groups is 1. The second kappa shape index (κ2) is 10.3. The molecule has 1 atom stereocenters. The molecule has 4 aromatic rings. The van der Waals surface area contributed by atoms with Crippen LogP contribution in [0.15, 0.2) is 75.1 Å². The molecule has 3 heterocycles. The fourth-order valence-corrected chi connectivity index (χ4v) is 7.94. The number of benzene rings is 2. The topological polar surface area (TPSA) is 118 Å². The van der Waals surface area contributed by atoms with E-state index < -0.39 is 19.9 Å². The third-order valence-corrected chi connectivity index (χ3v) is 10.8. The summed E-state index contributed by atoms with van der Waals surface area (Å²) in [5.74, 6) is 0.145. The Kier molecular flexibility index (Phi) is 7.16. The number of hydrogen-bond acceptors (Lipinski definition) is 8. The number of carbonyl (C=O) groups excluding carboxylic acids is 1. The first kappa shape index (κ1) is 26.5. The molecular formula is C26H27N3O6S3. The summed E-state index contributed by atoms with van der Waals surface area (Å²) in [5, 5.41) is 0.367. The third kappa shape index (κ3) is 5.26. The number of fused-ring (bicyclic) bond motifs is 1. The number of furan rings is 1. The van der Waals surface area contributed by atoms with Gasteiger partial charge in [-0.25, -0.2) is 21.8 Å². The zero-order valence-electron chi connectivity index (χ0n) is 20.9. The van der Waals surface area contributed by atoms with E-state index in [1.807, 2.05) is 6.92 Å². The van der Waals surface area contributed by atoms with Gasteiger partial charge < -0.3 is 4.42 Å². The number of aromatic nitrogens is 1. The van der Waals surface area contributed by atoms with E-state index in [0.717, 1.165) is 25.5 Å². The van der Waals surface area contributed by atoms with Crippen molar-refractivity contribution >= 4 is 52.5 Å². The van der Waals surface area contributed by atoms with Crippen LogP contribution in [0.5, 0.6) is 0 Å². The van der Waals surface area contributed by atoms with Gasteiger partial charge in [-0.1, -0.05) is 17.8 Å². The van der Waals surface area contributed by atoms with E-state index in [1.165, 1.54) is 57.1 Å². The van der Waals surface area contributed by atoms with Crippen LogP contribution in [0.3, 0.4) is 0 Å². The summed E-state index contributed by atoms with van der Waals surface area (Å²) in [6.45, 7) is 2.49. The van der Waals surface area contributed by atoms with Crippen LogP contribution < -0.4 is 4.90 Å². The fraction of sp³-hybridized carbons (Fsp3) is 0.308. The summed E-state index contributed by atoms with van der Waals surface area (Å²) < 4.78 is 58.0. The van der Waals surface area contributed by atoms with E-state index in [4.69, 9.17) is 4.42 Å². The SMILES string of the molecule is CC1CCCCN1S(=O)(=O)c1ccc(C(=O)N(Cc2ccco2)c2nc3ccc(S(C)(=O)=O)cc3s2)cc1. The van der Waals surface area contributed by atoms with Crippen molar-refractivity contribution in [3.8, 4) is 0 Å². The van der Waals surface area contributed by atoms with Crippen LogP contribution in [-0.4, -0.2) is 50.9 Å². The lowest BCUT2D eigenvalue weighted by molar-refractivity contribution is 0.0983. The molecule has 38 heavy (non-hydrogen) atoms. The maximum absolute atomic E-state index is 13.7. The van der Waals surface area contributed by atoms with E-state index in [2.05, 4.69) is 4.98 Å². The Labute approximate surface area is 225 Å². The zero-order valence-corrected chi connectivity index (χ0v) is 23.4. The van der Waals surface area contributed by atoms with Gasteiger partial charge in [0.15, 0.2) is 15.0 Å². The summed E-state index contributed by atoms with van der Waals surface area (Å²) in [7, 11) is -7.07. The van der Waals surface area contributed by atoms with Crippen LogP contribution >= 0.6 is 11.3 Å². The lowest BCUT2D eigenvalue weighted by Crippen LogP contribution is -2.41. The molecule has 2 aromatic heterocycles. The van der Waals surface area contributed by atoms with Crippen LogP contribution in [0, 0.1) is 0 Å². The first-order chi connectivity index (χ1) is 18.0. The molecule has 0 aliphatic carbocycles. The van der Waals surface area contributed by atoms with Crippen LogP contribution in [0.2, 0.25) is 0 Å². The molecule has 1 aliphatic rings. The minimum absolute atomic E-state index is 0.0684. The van der Waals surface area contributed by atoms with Gasteiger partial charge in [0.05, 0.1) is 32.8 Å². The molecule has 1 aliphatic heterocycles. The third-order valence-electron chi connectivity index (χ3n) is 6.60. The number of sulfonamides is 1. The van der Waals surface area contributed by atoms with Gasteiger partial charge >= 0.3 is 0 Å². The Balaban J connectivity index is 1.48. The molecule has 200 valence electrons. The summed E-state index contributed by atoms with van der Waals surface area (Å²) in [4.78, 5) is 20.0.